The number of sulfonamides is 1. The smallest absolute Gasteiger partial charge is 0.265 e. The summed E-state index contributed by atoms with van der Waals surface area (Å²) in [6.07, 6.45) is 0. The Balaban J connectivity index is 1.91. The summed E-state index contributed by atoms with van der Waals surface area (Å²) in [6, 6.07) is 11.3. The number of nitrogens with one attached hydrogen (secondary N) is 1. The Morgan fingerprint density at radius 3 is 2.55 bits per heavy atom. The summed E-state index contributed by atoms with van der Waals surface area (Å²) in [5, 5.41) is 0. The first-order chi connectivity index (χ1) is 10.6. The predicted molar refractivity (Wildman–Crippen MR) is 81.2 cm³/mol. The molecule has 116 valence electrons. The van der Waals surface area contributed by atoms with Crippen molar-refractivity contribution in [3.05, 3.63) is 42.5 Å². The Labute approximate surface area is 128 Å². The number of anilines is 1. The SMILES string of the molecule is COc1ccccc1S(=O)(=O)Nc1ccc2c(c1)OCCO2. The lowest BCUT2D eigenvalue weighted by Gasteiger charge is -2.19. The molecule has 7 heteroatoms. The highest BCUT2D eigenvalue weighted by Crippen LogP contribution is 2.34. The van der Waals surface area contributed by atoms with Crippen LogP contribution in [0.4, 0.5) is 5.69 Å². The van der Waals surface area contributed by atoms with Gasteiger partial charge in [-0.3, -0.25) is 4.72 Å². The molecule has 0 radical (unpaired) electrons. The number of hydrogen-bond donors (Lipinski definition) is 1. The molecule has 0 bridgehead atoms. The Morgan fingerprint density at radius 2 is 1.77 bits per heavy atom. The van der Waals surface area contributed by atoms with Gasteiger partial charge in [0.25, 0.3) is 10.0 Å². The fourth-order valence-electron chi connectivity index (χ4n) is 2.16. The molecule has 6 nitrogen and oxygen atoms in total. The Kier molecular flexibility index (Phi) is 3.81. The summed E-state index contributed by atoms with van der Waals surface area (Å²) in [6.45, 7) is 0.926. The van der Waals surface area contributed by atoms with Crippen LogP contribution in [0, 0.1) is 0 Å². The maximum Gasteiger partial charge on any atom is 0.265 e. The Morgan fingerprint density at radius 1 is 1.05 bits per heavy atom. The second-order valence-corrected chi connectivity index (χ2v) is 6.27. The van der Waals surface area contributed by atoms with E-state index in [0.717, 1.165) is 0 Å². The van der Waals surface area contributed by atoms with E-state index < -0.39 is 10.0 Å². The molecule has 3 rings (SSSR count). The Bertz CT molecular complexity index is 788. The van der Waals surface area contributed by atoms with Gasteiger partial charge in [-0.05, 0) is 24.3 Å². The summed E-state index contributed by atoms with van der Waals surface area (Å²) in [7, 11) is -2.32. The van der Waals surface area contributed by atoms with E-state index in [-0.39, 0.29) is 10.6 Å². The average Bonchev–Trinajstić information content (AvgIpc) is 2.54. The van der Waals surface area contributed by atoms with Gasteiger partial charge in [-0.25, -0.2) is 8.42 Å². The minimum atomic E-state index is -3.75. The van der Waals surface area contributed by atoms with Gasteiger partial charge in [0.05, 0.1) is 12.8 Å². The highest BCUT2D eigenvalue weighted by atomic mass is 32.2. The maximum atomic E-state index is 12.5. The van der Waals surface area contributed by atoms with Gasteiger partial charge >= 0.3 is 0 Å². The third kappa shape index (κ3) is 2.80. The van der Waals surface area contributed by atoms with Gasteiger partial charge in [0.2, 0.25) is 0 Å². The Hall–Kier alpha value is -2.41. The second-order valence-electron chi connectivity index (χ2n) is 4.61. The molecular formula is C15H15NO5S. The van der Waals surface area contributed by atoms with Crippen molar-refractivity contribution in [2.24, 2.45) is 0 Å². The lowest BCUT2D eigenvalue weighted by Crippen LogP contribution is -2.17. The van der Waals surface area contributed by atoms with Crippen LogP contribution < -0.4 is 18.9 Å². The first-order valence-corrected chi connectivity index (χ1v) is 8.14. The van der Waals surface area contributed by atoms with Crippen LogP contribution in [0.5, 0.6) is 17.2 Å². The van der Waals surface area contributed by atoms with Gasteiger partial charge in [0.15, 0.2) is 11.5 Å². The topological polar surface area (TPSA) is 73.9 Å². The van der Waals surface area contributed by atoms with Crippen molar-refractivity contribution >= 4 is 15.7 Å². The molecule has 0 amide bonds. The van der Waals surface area contributed by atoms with Crippen LogP contribution in [-0.4, -0.2) is 28.7 Å². The van der Waals surface area contributed by atoms with E-state index in [2.05, 4.69) is 4.72 Å². The number of hydrogen-bond acceptors (Lipinski definition) is 5. The molecule has 1 aliphatic heterocycles. The van der Waals surface area contributed by atoms with E-state index in [1.807, 2.05) is 0 Å². The van der Waals surface area contributed by atoms with Crippen molar-refractivity contribution in [3.8, 4) is 17.2 Å². The van der Waals surface area contributed by atoms with Crippen molar-refractivity contribution in [1.29, 1.82) is 0 Å². The van der Waals surface area contributed by atoms with Crippen molar-refractivity contribution in [2.45, 2.75) is 4.90 Å². The number of benzene rings is 2. The molecule has 0 fully saturated rings. The molecule has 0 unspecified atom stereocenters. The molecule has 2 aromatic carbocycles. The van der Waals surface area contributed by atoms with E-state index >= 15 is 0 Å². The molecule has 0 saturated carbocycles. The van der Waals surface area contributed by atoms with E-state index in [1.165, 1.54) is 13.2 Å². The molecule has 1 heterocycles. The maximum absolute atomic E-state index is 12.5. The molecule has 22 heavy (non-hydrogen) atoms. The monoisotopic (exact) mass is 321 g/mol. The number of ether oxygens (including phenoxy) is 3. The number of fused-ring (bicyclic) bond motifs is 1. The van der Waals surface area contributed by atoms with Crippen LogP contribution in [0.1, 0.15) is 0 Å². The van der Waals surface area contributed by atoms with E-state index in [4.69, 9.17) is 14.2 Å². The van der Waals surface area contributed by atoms with Gasteiger partial charge in [-0.2, -0.15) is 0 Å². The fraction of sp³-hybridized carbons (Fsp3) is 0.200. The molecule has 1 aliphatic rings. The lowest BCUT2D eigenvalue weighted by atomic mass is 10.3. The van der Waals surface area contributed by atoms with Gasteiger partial charge in [-0.15, -0.1) is 0 Å². The third-order valence-corrected chi connectivity index (χ3v) is 4.57. The van der Waals surface area contributed by atoms with E-state index in [9.17, 15) is 8.42 Å². The average molecular weight is 321 g/mol. The molecule has 0 spiro atoms. The number of rotatable bonds is 4. The first-order valence-electron chi connectivity index (χ1n) is 6.65. The second kappa shape index (κ2) is 5.76. The molecule has 1 N–H and O–H groups in total. The van der Waals surface area contributed by atoms with Crippen LogP contribution in [0.15, 0.2) is 47.4 Å². The molecule has 0 aromatic heterocycles. The fourth-order valence-corrected chi connectivity index (χ4v) is 3.38. The summed E-state index contributed by atoms with van der Waals surface area (Å²) >= 11 is 0. The highest BCUT2D eigenvalue weighted by Gasteiger charge is 2.20. The minimum absolute atomic E-state index is 0.0763. The normalized spacial score (nSPS) is 13.5. The summed E-state index contributed by atoms with van der Waals surface area (Å²) in [5.41, 5.74) is 0.398. The zero-order chi connectivity index (χ0) is 15.6. The highest BCUT2D eigenvalue weighted by molar-refractivity contribution is 7.92. The van der Waals surface area contributed by atoms with Crippen LogP contribution in [0.25, 0.3) is 0 Å². The first kappa shape index (κ1) is 14.5. The van der Waals surface area contributed by atoms with Crippen molar-refractivity contribution in [2.75, 3.05) is 25.0 Å². The quantitative estimate of drug-likeness (QED) is 0.935. The van der Waals surface area contributed by atoms with E-state index in [0.29, 0.717) is 30.4 Å². The zero-order valence-corrected chi connectivity index (χ0v) is 12.7. The van der Waals surface area contributed by atoms with Gasteiger partial charge < -0.3 is 14.2 Å². The lowest BCUT2D eigenvalue weighted by molar-refractivity contribution is 0.171. The van der Waals surface area contributed by atoms with Gasteiger partial charge in [-0.1, -0.05) is 12.1 Å². The molecule has 0 atom stereocenters. The van der Waals surface area contributed by atoms with Crippen molar-refractivity contribution in [3.63, 3.8) is 0 Å². The van der Waals surface area contributed by atoms with Crippen LogP contribution >= 0.6 is 0 Å². The number of para-hydroxylation sites is 1. The van der Waals surface area contributed by atoms with Gasteiger partial charge in [0.1, 0.15) is 23.9 Å². The predicted octanol–water partition coefficient (Wildman–Crippen LogP) is 2.27. The minimum Gasteiger partial charge on any atom is -0.495 e. The molecule has 2 aromatic rings. The van der Waals surface area contributed by atoms with Crippen LogP contribution in [-0.2, 0) is 10.0 Å². The summed E-state index contributed by atoms with van der Waals surface area (Å²) < 4.78 is 43.4. The number of methoxy groups -OCH3 is 1. The standard InChI is InChI=1S/C15H15NO5S/c1-19-13-4-2-3-5-15(13)22(17,18)16-11-6-7-12-14(10-11)21-9-8-20-12/h2-7,10,16H,8-9H2,1H3. The third-order valence-electron chi connectivity index (χ3n) is 3.15. The van der Waals surface area contributed by atoms with Crippen molar-refractivity contribution < 1.29 is 22.6 Å². The van der Waals surface area contributed by atoms with E-state index in [1.54, 1.807) is 36.4 Å². The molecular weight excluding hydrogens is 306 g/mol. The zero-order valence-electron chi connectivity index (χ0n) is 11.9. The summed E-state index contributed by atoms with van der Waals surface area (Å²) in [4.78, 5) is 0.0763. The molecule has 0 aliphatic carbocycles. The molecule has 0 saturated heterocycles. The van der Waals surface area contributed by atoms with Crippen LogP contribution in [0.3, 0.4) is 0 Å². The van der Waals surface area contributed by atoms with Crippen molar-refractivity contribution in [1.82, 2.24) is 0 Å². The largest absolute Gasteiger partial charge is 0.495 e. The summed E-state index contributed by atoms with van der Waals surface area (Å²) in [5.74, 6) is 1.41. The van der Waals surface area contributed by atoms with Gasteiger partial charge in [0, 0.05) is 6.07 Å². The van der Waals surface area contributed by atoms with Crippen LogP contribution in [0.2, 0.25) is 0 Å².